The number of carbonyl (C=O) groups is 1. The Hall–Kier alpha value is -1.60. The number of nitrogens with one attached hydrogen (secondary N) is 2. The van der Waals surface area contributed by atoms with E-state index in [-0.39, 0.29) is 12.5 Å². The van der Waals surface area contributed by atoms with Gasteiger partial charge in [0.1, 0.15) is 6.54 Å². The first-order chi connectivity index (χ1) is 13.1. The maximum absolute atomic E-state index is 12.0. The average molecular weight is 392 g/mol. The molecule has 1 saturated carbocycles. The molecule has 1 unspecified atom stereocenters. The number of guanidine groups is 1. The SMILES string of the molecule is CN(C)C(=O)CN=C(NCC(c1cccs1)N1CCCC1)NC1CCCC1. The molecule has 150 valence electrons. The Morgan fingerprint density at radius 2 is 2.04 bits per heavy atom. The maximum atomic E-state index is 12.0. The molecule has 0 radical (unpaired) electrons. The highest BCUT2D eigenvalue weighted by Crippen LogP contribution is 2.27. The number of aliphatic imine (C=N–C) groups is 1. The fraction of sp³-hybridized carbons (Fsp3) is 0.700. The normalized spacial score (nSPS) is 20.0. The molecule has 2 N–H and O–H groups in total. The van der Waals surface area contributed by atoms with Crippen molar-refractivity contribution < 1.29 is 4.79 Å². The van der Waals surface area contributed by atoms with E-state index in [0.717, 1.165) is 25.6 Å². The summed E-state index contributed by atoms with van der Waals surface area (Å²) in [4.78, 5) is 22.1. The van der Waals surface area contributed by atoms with Crippen molar-refractivity contribution in [2.24, 2.45) is 4.99 Å². The Balaban J connectivity index is 1.65. The molecule has 1 aromatic heterocycles. The fourth-order valence-electron chi connectivity index (χ4n) is 3.84. The standard InChI is InChI=1S/C20H33N5OS/c1-24(2)19(26)15-22-20(23-16-8-3-4-9-16)21-14-17(18-10-7-13-27-18)25-11-5-6-12-25/h7,10,13,16-17H,3-6,8-9,11-12,14-15H2,1-2H3,(H2,21,22,23). The third-order valence-corrected chi connectivity index (χ3v) is 6.46. The number of rotatable bonds is 7. The Bertz CT molecular complexity index is 604. The van der Waals surface area contributed by atoms with Crippen LogP contribution in [-0.4, -0.2) is 68.0 Å². The molecule has 0 aromatic carbocycles. The van der Waals surface area contributed by atoms with Crippen LogP contribution in [-0.2, 0) is 4.79 Å². The molecule has 1 aromatic rings. The lowest BCUT2D eigenvalue weighted by molar-refractivity contribution is -0.127. The molecule has 3 rings (SSSR count). The average Bonchev–Trinajstić information content (AvgIpc) is 3.42. The summed E-state index contributed by atoms with van der Waals surface area (Å²) < 4.78 is 0. The third-order valence-electron chi connectivity index (χ3n) is 5.48. The molecule has 0 bridgehead atoms. The Labute approximate surface area is 167 Å². The van der Waals surface area contributed by atoms with Crippen LogP contribution < -0.4 is 10.6 Å². The topological polar surface area (TPSA) is 60.0 Å². The van der Waals surface area contributed by atoms with Gasteiger partial charge in [0, 0.05) is 31.6 Å². The van der Waals surface area contributed by atoms with Crippen LogP contribution in [0.5, 0.6) is 0 Å². The van der Waals surface area contributed by atoms with Crippen LogP contribution in [0.3, 0.4) is 0 Å². The van der Waals surface area contributed by atoms with Crippen molar-refractivity contribution in [1.82, 2.24) is 20.4 Å². The number of hydrogen-bond acceptors (Lipinski definition) is 4. The largest absolute Gasteiger partial charge is 0.354 e. The van der Waals surface area contributed by atoms with Crippen LogP contribution in [0, 0.1) is 0 Å². The minimum atomic E-state index is 0.0249. The lowest BCUT2D eigenvalue weighted by atomic mass is 10.2. The van der Waals surface area contributed by atoms with Crippen LogP contribution in [0.25, 0.3) is 0 Å². The van der Waals surface area contributed by atoms with Crippen molar-refractivity contribution in [3.05, 3.63) is 22.4 Å². The van der Waals surface area contributed by atoms with Gasteiger partial charge >= 0.3 is 0 Å². The molecule has 2 heterocycles. The van der Waals surface area contributed by atoms with Gasteiger partial charge < -0.3 is 15.5 Å². The van der Waals surface area contributed by atoms with Crippen LogP contribution in [0.15, 0.2) is 22.5 Å². The van der Waals surface area contributed by atoms with Crippen molar-refractivity contribution in [2.75, 3.05) is 40.3 Å². The highest BCUT2D eigenvalue weighted by molar-refractivity contribution is 7.10. The van der Waals surface area contributed by atoms with Crippen molar-refractivity contribution in [2.45, 2.75) is 50.6 Å². The fourth-order valence-corrected chi connectivity index (χ4v) is 4.70. The molecular weight excluding hydrogens is 358 g/mol. The maximum Gasteiger partial charge on any atom is 0.243 e. The quantitative estimate of drug-likeness (QED) is 0.554. The Kier molecular flexibility index (Phi) is 7.52. The second-order valence-corrected chi connectivity index (χ2v) is 8.71. The van der Waals surface area contributed by atoms with Crippen LogP contribution in [0.1, 0.15) is 49.4 Å². The van der Waals surface area contributed by atoms with Gasteiger partial charge in [-0.15, -0.1) is 11.3 Å². The summed E-state index contributed by atoms with van der Waals surface area (Å²) in [7, 11) is 3.55. The number of hydrogen-bond donors (Lipinski definition) is 2. The summed E-state index contributed by atoms with van der Waals surface area (Å²) >= 11 is 1.82. The summed E-state index contributed by atoms with van der Waals surface area (Å²) in [5.74, 6) is 0.801. The monoisotopic (exact) mass is 391 g/mol. The number of thiophene rings is 1. The number of amides is 1. The predicted molar refractivity (Wildman–Crippen MR) is 112 cm³/mol. The van der Waals surface area contributed by atoms with Gasteiger partial charge in [-0.1, -0.05) is 18.9 Å². The van der Waals surface area contributed by atoms with E-state index in [1.165, 1.54) is 43.4 Å². The lowest BCUT2D eigenvalue weighted by Crippen LogP contribution is -2.46. The molecule has 1 amide bonds. The first-order valence-electron chi connectivity index (χ1n) is 10.2. The van der Waals surface area contributed by atoms with Crippen molar-refractivity contribution >= 4 is 23.2 Å². The van der Waals surface area contributed by atoms with E-state index >= 15 is 0 Å². The van der Waals surface area contributed by atoms with Gasteiger partial charge in [0.2, 0.25) is 5.91 Å². The van der Waals surface area contributed by atoms with Gasteiger partial charge in [0.05, 0.1) is 6.04 Å². The molecule has 0 spiro atoms. The van der Waals surface area contributed by atoms with Crippen LogP contribution in [0.2, 0.25) is 0 Å². The van der Waals surface area contributed by atoms with Gasteiger partial charge in [0.15, 0.2) is 5.96 Å². The van der Waals surface area contributed by atoms with E-state index in [2.05, 4.69) is 38.0 Å². The first kappa shape index (κ1) is 20.1. The first-order valence-corrected chi connectivity index (χ1v) is 11.0. The van der Waals surface area contributed by atoms with Crippen molar-refractivity contribution in [3.63, 3.8) is 0 Å². The number of likely N-dealkylation sites (N-methyl/N-ethyl adjacent to an activating group) is 1. The molecule has 2 fully saturated rings. The van der Waals surface area contributed by atoms with Gasteiger partial charge in [-0.25, -0.2) is 4.99 Å². The number of carbonyl (C=O) groups excluding carboxylic acids is 1. The highest BCUT2D eigenvalue weighted by Gasteiger charge is 2.25. The summed E-state index contributed by atoms with van der Waals surface area (Å²) in [5.41, 5.74) is 0. The predicted octanol–water partition coefficient (Wildman–Crippen LogP) is 2.45. The Morgan fingerprint density at radius 1 is 1.30 bits per heavy atom. The molecule has 1 atom stereocenters. The molecule has 27 heavy (non-hydrogen) atoms. The summed E-state index contributed by atoms with van der Waals surface area (Å²) in [6.07, 6.45) is 7.47. The van der Waals surface area contributed by atoms with Crippen LogP contribution in [0.4, 0.5) is 0 Å². The van der Waals surface area contributed by atoms with E-state index in [4.69, 9.17) is 0 Å². The summed E-state index contributed by atoms with van der Waals surface area (Å²) in [5, 5.41) is 9.25. The third kappa shape index (κ3) is 5.94. The molecule has 1 aliphatic heterocycles. The lowest BCUT2D eigenvalue weighted by Gasteiger charge is -2.28. The zero-order valence-electron chi connectivity index (χ0n) is 16.6. The smallest absolute Gasteiger partial charge is 0.243 e. The minimum absolute atomic E-state index is 0.0249. The molecule has 1 aliphatic carbocycles. The van der Waals surface area contributed by atoms with Gasteiger partial charge in [-0.2, -0.15) is 0 Å². The van der Waals surface area contributed by atoms with E-state index < -0.39 is 0 Å². The molecule has 6 nitrogen and oxygen atoms in total. The Morgan fingerprint density at radius 3 is 2.67 bits per heavy atom. The van der Waals surface area contributed by atoms with Crippen molar-refractivity contribution in [1.29, 1.82) is 0 Å². The number of likely N-dealkylation sites (tertiary alicyclic amines) is 1. The van der Waals surface area contributed by atoms with Crippen LogP contribution >= 0.6 is 11.3 Å². The molecule has 7 heteroatoms. The molecule has 2 aliphatic rings. The second kappa shape index (κ2) is 10.1. The molecule has 1 saturated heterocycles. The van der Waals surface area contributed by atoms with Gasteiger partial charge in [-0.05, 0) is 50.2 Å². The zero-order chi connectivity index (χ0) is 19.1. The van der Waals surface area contributed by atoms with E-state index in [9.17, 15) is 4.79 Å². The van der Waals surface area contributed by atoms with Gasteiger partial charge in [-0.3, -0.25) is 9.69 Å². The summed E-state index contributed by atoms with van der Waals surface area (Å²) in [6, 6.07) is 5.20. The van der Waals surface area contributed by atoms with Gasteiger partial charge in [0.25, 0.3) is 0 Å². The zero-order valence-corrected chi connectivity index (χ0v) is 17.4. The highest BCUT2D eigenvalue weighted by atomic mass is 32.1. The minimum Gasteiger partial charge on any atom is -0.354 e. The number of nitrogens with zero attached hydrogens (tertiary/aromatic N) is 3. The van der Waals surface area contributed by atoms with E-state index in [1.54, 1.807) is 19.0 Å². The van der Waals surface area contributed by atoms with E-state index in [1.807, 2.05) is 11.3 Å². The second-order valence-electron chi connectivity index (χ2n) is 7.73. The summed E-state index contributed by atoms with van der Waals surface area (Å²) in [6.45, 7) is 3.31. The van der Waals surface area contributed by atoms with E-state index in [0.29, 0.717) is 12.1 Å². The molecular formula is C20H33N5OS. The van der Waals surface area contributed by atoms with Crippen molar-refractivity contribution in [3.8, 4) is 0 Å².